The number of methoxy groups -OCH3 is 1. The van der Waals surface area contributed by atoms with E-state index in [0.717, 1.165) is 43.3 Å². The predicted octanol–water partition coefficient (Wildman–Crippen LogP) is 3.24. The van der Waals surface area contributed by atoms with Crippen LogP contribution < -0.4 is 14.8 Å². The smallest absolute Gasteiger partial charge is 0.229 e. The van der Waals surface area contributed by atoms with Crippen molar-refractivity contribution in [3.05, 3.63) is 59.7 Å². The fourth-order valence-electron chi connectivity index (χ4n) is 4.15. The second kappa shape index (κ2) is 8.86. The van der Waals surface area contributed by atoms with Crippen molar-refractivity contribution in [3.8, 4) is 5.75 Å². The number of amides is 1. The molecule has 29 heavy (non-hydrogen) atoms. The number of carbonyl (C=O) groups excluding carboxylic acids is 1. The zero-order valence-electron chi connectivity index (χ0n) is 16.9. The van der Waals surface area contributed by atoms with Gasteiger partial charge in [-0.3, -0.25) is 9.52 Å². The molecule has 0 aliphatic heterocycles. The average Bonchev–Trinajstić information content (AvgIpc) is 3.17. The summed E-state index contributed by atoms with van der Waals surface area (Å²) in [4.78, 5) is 12.7. The second-order valence-electron chi connectivity index (χ2n) is 7.67. The lowest BCUT2D eigenvalue weighted by atomic mass is 9.78. The van der Waals surface area contributed by atoms with Gasteiger partial charge in [0.2, 0.25) is 15.9 Å². The van der Waals surface area contributed by atoms with E-state index in [1.807, 2.05) is 18.2 Å². The number of sulfonamides is 1. The maximum atomic E-state index is 12.7. The van der Waals surface area contributed by atoms with Crippen molar-refractivity contribution in [3.63, 3.8) is 0 Å². The standard InChI is InChI=1S/C22H28N2O4S/c1-28-20-12-6-4-10-18(20)22(13-7-8-14-22)16-23-21(25)15-17-9-3-5-11-19(17)24-29(2,26)27/h3-6,9-12,24H,7-8,13-16H2,1-2H3,(H,23,25). The highest BCUT2D eigenvalue weighted by molar-refractivity contribution is 7.92. The van der Waals surface area contributed by atoms with Gasteiger partial charge in [-0.05, 0) is 30.5 Å². The van der Waals surface area contributed by atoms with Gasteiger partial charge >= 0.3 is 0 Å². The maximum absolute atomic E-state index is 12.7. The van der Waals surface area contributed by atoms with E-state index in [-0.39, 0.29) is 17.7 Å². The normalized spacial score (nSPS) is 15.7. The summed E-state index contributed by atoms with van der Waals surface area (Å²) in [5.74, 6) is 0.722. The highest BCUT2D eigenvalue weighted by Gasteiger charge is 2.38. The molecule has 2 N–H and O–H groups in total. The summed E-state index contributed by atoms with van der Waals surface area (Å²) >= 11 is 0. The third kappa shape index (κ3) is 5.29. The molecule has 156 valence electrons. The molecule has 0 aromatic heterocycles. The lowest BCUT2D eigenvalue weighted by Gasteiger charge is -2.31. The second-order valence-corrected chi connectivity index (χ2v) is 9.42. The first kappa shape index (κ1) is 21.2. The Balaban J connectivity index is 1.73. The minimum atomic E-state index is -3.41. The van der Waals surface area contributed by atoms with Crippen molar-refractivity contribution in [1.29, 1.82) is 0 Å². The van der Waals surface area contributed by atoms with Crippen LogP contribution in [0.2, 0.25) is 0 Å². The molecule has 2 aromatic rings. The molecule has 3 rings (SSSR count). The first-order chi connectivity index (χ1) is 13.8. The third-order valence-corrected chi connectivity index (χ3v) is 6.12. The fourth-order valence-corrected chi connectivity index (χ4v) is 4.75. The molecule has 0 bridgehead atoms. The maximum Gasteiger partial charge on any atom is 0.229 e. The Morgan fingerprint density at radius 1 is 1.07 bits per heavy atom. The van der Waals surface area contributed by atoms with Gasteiger partial charge in [-0.2, -0.15) is 0 Å². The van der Waals surface area contributed by atoms with Crippen molar-refractivity contribution < 1.29 is 17.9 Å². The fraction of sp³-hybridized carbons (Fsp3) is 0.409. The number of hydrogen-bond acceptors (Lipinski definition) is 4. The highest BCUT2D eigenvalue weighted by atomic mass is 32.2. The molecule has 0 saturated heterocycles. The first-order valence-electron chi connectivity index (χ1n) is 9.79. The first-order valence-corrected chi connectivity index (χ1v) is 11.7. The summed E-state index contributed by atoms with van der Waals surface area (Å²) in [6, 6.07) is 15.0. The number of rotatable bonds is 8. The number of anilines is 1. The molecule has 0 atom stereocenters. The van der Waals surface area contributed by atoms with E-state index in [4.69, 9.17) is 4.74 Å². The van der Waals surface area contributed by atoms with Gasteiger partial charge in [0, 0.05) is 17.5 Å². The molecular formula is C22H28N2O4S. The zero-order chi connectivity index (χ0) is 20.9. The van der Waals surface area contributed by atoms with Crippen molar-refractivity contribution in [2.24, 2.45) is 0 Å². The Labute approximate surface area is 172 Å². The van der Waals surface area contributed by atoms with Crippen LogP contribution in [0.3, 0.4) is 0 Å². The molecule has 0 spiro atoms. The minimum Gasteiger partial charge on any atom is -0.496 e. The number of ether oxygens (including phenoxy) is 1. The van der Waals surface area contributed by atoms with Gasteiger partial charge in [0.25, 0.3) is 0 Å². The molecule has 2 aromatic carbocycles. The largest absolute Gasteiger partial charge is 0.496 e. The number of hydrogen-bond donors (Lipinski definition) is 2. The molecule has 1 aliphatic rings. The van der Waals surface area contributed by atoms with Gasteiger partial charge in [-0.15, -0.1) is 0 Å². The molecule has 0 radical (unpaired) electrons. The van der Waals surface area contributed by atoms with E-state index >= 15 is 0 Å². The van der Waals surface area contributed by atoms with Crippen LogP contribution in [0.25, 0.3) is 0 Å². The summed E-state index contributed by atoms with van der Waals surface area (Å²) in [6.45, 7) is 0.536. The molecular weight excluding hydrogens is 388 g/mol. The Bertz CT molecular complexity index is 966. The van der Waals surface area contributed by atoms with Crippen LogP contribution in [-0.4, -0.2) is 34.2 Å². The van der Waals surface area contributed by atoms with E-state index in [1.54, 1.807) is 31.4 Å². The number of nitrogens with one attached hydrogen (secondary N) is 2. The molecule has 0 unspecified atom stereocenters. The van der Waals surface area contributed by atoms with Crippen molar-refractivity contribution in [2.75, 3.05) is 24.6 Å². The summed E-state index contributed by atoms with van der Waals surface area (Å²) in [5, 5.41) is 3.08. The lowest BCUT2D eigenvalue weighted by molar-refractivity contribution is -0.120. The average molecular weight is 417 g/mol. The van der Waals surface area contributed by atoms with Crippen LogP contribution in [0.1, 0.15) is 36.8 Å². The van der Waals surface area contributed by atoms with Gasteiger partial charge in [-0.25, -0.2) is 8.42 Å². The number of para-hydroxylation sites is 2. The van der Waals surface area contributed by atoms with E-state index in [9.17, 15) is 13.2 Å². The minimum absolute atomic E-state index is 0.112. The molecule has 1 amide bonds. The van der Waals surface area contributed by atoms with E-state index in [1.165, 1.54) is 0 Å². The molecule has 1 saturated carbocycles. The Hall–Kier alpha value is -2.54. The van der Waals surface area contributed by atoms with E-state index < -0.39 is 10.0 Å². The SMILES string of the molecule is COc1ccccc1C1(CNC(=O)Cc2ccccc2NS(C)(=O)=O)CCCC1. The summed E-state index contributed by atoms with van der Waals surface area (Å²) in [6.07, 6.45) is 5.45. The van der Waals surface area contributed by atoms with Gasteiger partial charge in [-0.1, -0.05) is 49.2 Å². The van der Waals surface area contributed by atoms with Crippen LogP contribution in [0.15, 0.2) is 48.5 Å². The monoisotopic (exact) mass is 416 g/mol. The third-order valence-electron chi connectivity index (χ3n) is 5.53. The van der Waals surface area contributed by atoms with Crippen molar-refractivity contribution in [1.82, 2.24) is 5.32 Å². The quantitative estimate of drug-likeness (QED) is 0.692. The topological polar surface area (TPSA) is 84.5 Å². The van der Waals surface area contributed by atoms with Crippen molar-refractivity contribution in [2.45, 2.75) is 37.5 Å². The Kier molecular flexibility index (Phi) is 6.47. The van der Waals surface area contributed by atoms with Crippen molar-refractivity contribution >= 4 is 21.6 Å². The summed E-state index contributed by atoms with van der Waals surface area (Å²) in [5.41, 5.74) is 2.09. The number of carbonyl (C=O) groups is 1. The van der Waals surface area contributed by atoms with Crippen LogP contribution in [0.5, 0.6) is 5.75 Å². The van der Waals surface area contributed by atoms with Crippen LogP contribution >= 0.6 is 0 Å². The number of benzene rings is 2. The van der Waals surface area contributed by atoms with Crippen LogP contribution in [-0.2, 0) is 26.7 Å². The molecule has 1 fully saturated rings. The van der Waals surface area contributed by atoms with Gasteiger partial charge in [0.1, 0.15) is 5.75 Å². The van der Waals surface area contributed by atoms with E-state index in [0.29, 0.717) is 17.8 Å². The van der Waals surface area contributed by atoms with Gasteiger partial charge < -0.3 is 10.1 Å². The summed E-state index contributed by atoms with van der Waals surface area (Å²) in [7, 11) is -1.74. The molecule has 7 heteroatoms. The lowest BCUT2D eigenvalue weighted by Crippen LogP contribution is -2.40. The van der Waals surface area contributed by atoms with Crippen LogP contribution in [0, 0.1) is 0 Å². The zero-order valence-corrected chi connectivity index (χ0v) is 17.7. The Morgan fingerprint density at radius 2 is 1.72 bits per heavy atom. The highest BCUT2D eigenvalue weighted by Crippen LogP contribution is 2.44. The van der Waals surface area contributed by atoms with Gasteiger partial charge in [0.05, 0.1) is 25.5 Å². The molecule has 1 aliphatic carbocycles. The van der Waals surface area contributed by atoms with Crippen LogP contribution in [0.4, 0.5) is 5.69 Å². The summed E-state index contributed by atoms with van der Waals surface area (Å²) < 4.78 is 31.2. The molecule has 6 nitrogen and oxygen atoms in total. The predicted molar refractivity (Wildman–Crippen MR) is 115 cm³/mol. The van der Waals surface area contributed by atoms with Gasteiger partial charge in [0.15, 0.2) is 0 Å². The Morgan fingerprint density at radius 3 is 2.41 bits per heavy atom. The molecule has 0 heterocycles. The van der Waals surface area contributed by atoms with E-state index in [2.05, 4.69) is 16.1 Å².